The lowest BCUT2D eigenvalue weighted by molar-refractivity contribution is 0.0827. The van der Waals surface area contributed by atoms with Crippen LogP contribution in [0.1, 0.15) is 33.0 Å². The molecule has 0 bridgehead atoms. The van der Waals surface area contributed by atoms with Gasteiger partial charge < -0.3 is 15.5 Å². The average molecular weight is 388 g/mol. The van der Waals surface area contributed by atoms with E-state index in [1.807, 2.05) is 31.2 Å². The second kappa shape index (κ2) is 10.7. The van der Waals surface area contributed by atoms with Crippen LogP contribution >= 0.6 is 11.3 Å². The van der Waals surface area contributed by atoms with Gasteiger partial charge in [0.05, 0.1) is 5.01 Å². The van der Waals surface area contributed by atoms with Crippen LogP contribution in [0.3, 0.4) is 0 Å². The lowest BCUT2D eigenvalue weighted by Gasteiger charge is -2.13. The molecule has 0 aliphatic carbocycles. The van der Waals surface area contributed by atoms with Crippen molar-refractivity contribution in [1.29, 1.82) is 0 Å². The van der Waals surface area contributed by atoms with Gasteiger partial charge in [-0.3, -0.25) is 9.79 Å². The minimum absolute atomic E-state index is 0.0257. The van der Waals surface area contributed by atoms with Gasteiger partial charge in [-0.25, -0.2) is 4.98 Å². The molecule has 0 fully saturated rings. The molecular weight excluding hydrogens is 358 g/mol. The lowest BCUT2D eigenvalue weighted by atomic mass is 10.1. The number of rotatable bonds is 8. The predicted molar refractivity (Wildman–Crippen MR) is 113 cm³/mol. The Morgan fingerprint density at radius 2 is 2.00 bits per heavy atom. The van der Waals surface area contributed by atoms with Gasteiger partial charge in [0, 0.05) is 57.3 Å². The van der Waals surface area contributed by atoms with Gasteiger partial charge in [0.1, 0.15) is 0 Å². The Balaban J connectivity index is 1.71. The first-order valence-electron chi connectivity index (χ1n) is 9.15. The third-order valence-electron chi connectivity index (χ3n) is 4.04. The number of carbonyl (C=O) groups is 1. The number of thiazole rings is 1. The molecule has 1 aromatic carbocycles. The number of nitrogens with zero attached hydrogens (tertiary/aromatic N) is 3. The molecule has 27 heavy (non-hydrogen) atoms. The number of guanidine groups is 1. The maximum atomic E-state index is 12.1. The average Bonchev–Trinajstić information content (AvgIpc) is 3.08. The van der Waals surface area contributed by atoms with Crippen LogP contribution in [-0.2, 0) is 12.8 Å². The third kappa shape index (κ3) is 7.02. The van der Waals surface area contributed by atoms with Crippen LogP contribution in [-0.4, -0.2) is 56.0 Å². The number of aryl methyl sites for hydroxylation is 2. The van der Waals surface area contributed by atoms with E-state index >= 15 is 0 Å². The van der Waals surface area contributed by atoms with Crippen molar-refractivity contribution in [3.63, 3.8) is 0 Å². The first-order valence-corrected chi connectivity index (χ1v) is 10.0. The fourth-order valence-electron chi connectivity index (χ4n) is 2.63. The zero-order valence-electron chi connectivity index (χ0n) is 16.6. The van der Waals surface area contributed by atoms with Crippen molar-refractivity contribution in [1.82, 2.24) is 20.5 Å². The topological polar surface area (TPSA) is 69.6 Å². The van der Waals surface area contributed by atoms with Crippen molar-refractivity contribution in [2.24, 2.45) is 4.99 Å². The highest BCUT2D eigenvalue weighted by atomic mass is 32.1. The Morgan fingerprint density at radius 3 is 2.67 bits per heavy atom. The standard InChI is InChI=1S/C20H29N5OS/c1-15-14-27-18(24-15)9-6-11-22-20(21-2)23-12-10-16-7-5-8-17(13-16)19(26)25(3)4/h5,7-8,13-14H,6,9-12H2,1-4H3,(H2,21,22,23). The maximum Gasteiger partial charge on any atom is 0.253 e. The molecule has 0 spiro atoms. The van der Waals surface area contributed by atoms with E-state index in [0.717, 1.165) is 55.1 Å². The Labute approximate surface area is 165 Å². The van der Waals surface area contributed by atoms with Crippen LogP contribution in [0, 0.1) is 6.92 Å². The number of hydrogen-bond acceptors (Lipinski definition) is 4. The van der Waals surface area contributed by atoms with Gasteiger partial charge in [-0.05, 0) is 37.5 Å². The van der Waals surface area contributed by atoms with Gasteiger partial charge in [-0.2, -0.15) is 0 Å². The highest BCUT2D eigenvalue weighted by molar-refractivity contribution is 7.09. The van der Waals surface area contributed by atoms with Crippen molar-refractivity contribution in [3.05, 3.63) is 51.5 Å². The molecule has 0 aliphatic heterocycles. The summed E-state index contributed by atoms with van der Waals surface area (Å²) in [4.78, 5) is 22.4. The maximum absolute atomic E-state index is 12.1. The number of aromatic nitrogens is 1. The first-order chi connectivity index (χ1) is 13.0. The zero-order valence-corrected chi connectivity index (χ0v) is 17.4. The van der Waals surface area contributed by atoms with E-state index in [-0.39, 0.29) is 5.91 Å². The van der Waals surface area contributed by atoms with Gasteiger partial charge in [0.15, 0.2) is 5.96 Å². The number of hydrogen-bond donors (Lipinski definition) is 2. The smallest absolute Gasteiger partial charge is 0.253 e. The van der Waals surface area contributed by atoms with Crippen LogP contribution in [0.25, 0.3) is 0 Å². The van der Waals surface area contributed by atoms with Crippen molar-refractivity contribution in [2.75, 3.05) is 34.2 Å². The summed E-state index contributed by atoms with van der Waals surface area (Å²) >= 11 is 1.72. The minimum Gasteiger partial charge on any atom is -0.356 e. The molecule has 0 saturated heterocycles. The van der Waals surface area contributed by atoms with Crippen molar-refractivity contribution in [2.45, 2.75) is 26.2 Å². The summed E-state index contributed by atoms with van der Waals surface area (Å²) < 4.78 is 0. The lowest BCUT2D eigenvalue weighted by Crippen LogP contribution is -2.38. The summed E-state index contributed by atoms with van der Waals surface area (Å²) in [6, 6.07) is 7.78. The first kappa shape index (κ1) is 20.9. The second-order valence-corrected chi connectivity index (χ2v) is 7.50. The third-order valence-corrected chi connectivity index (χ3v) is 5.06. The van der Waals surface area contributed by atoms with Gasteiger partial charge in [-0.1, -0.05) is 12.1 Å². The van der Waals surface area contributed by atoms with Crippen LogP contribution in [0.15, 0.2) is 34.6 Å². The van der Waals surface area contributed by atoms with E-state index in [9.17, 15) is 4.79 Å². The van der Waals surface area contributed by atoms with Gasteiger partial charge >= 0.3 is 0 Å². The molecule has 7 heteroatoms. The quantitative estimate of drug-likeness (QED) is 0.415. The van der Waals surface area contributed by atoms with Crippen LogP contribution in [0.5, 0.6) is 0 Å². The fraction of sp³-hybridized carbons (Fsp3) is 0.450. The van der Waals surface area contributed by atoms with E-state index in [1.165, 1.54) is 5.01 Å². The molecule has 6 nitrogen and oxygen atoms in total. The molecule has 0 radical (unpaired) electrons. The normalized spacial score (nSPS) is 11.3. The number of carbonyl (C=O) groups excluding carboxylic acids is 1. The van der Waals surface area contributed by atoms with Gasteiger partial charge in [0.25, 0.3) is 5.91 Å². The molecule has 1 heterocycles. The number of benzene rings is 1. The number of aliphatic imine (C=N–C) groups is 1. The molecule has 0 saturated carbocycles. The summed E-state index contributed by atoms with van der Waals surface area (Å²) in [6.07, 6.45) is 2.82. The van der Waals surface area contributed by atoms with Crippen LogP contribution in [0.2, 0.25) is 0 Å². The van der Waals surface area contributed by atoms with E-state index in [4.69, 9.17) is 0 Å². The van der Waals surface area contributed by atoms with Gasteiger partial charge in [-0.15, -0.1) is 11.3 Å². The van der Waals surface area contributed by atoms with Crippen molar-refractivity contribution in [3.8, 4) is 0 Å². The number of amides is 1. The molecule has 1 amide bonds. The minimum atomic E-state index is 0.0257. The second-order valence-electron chi connectivity index (χ2n) is 6.56. The molecule has 0 unspecified atom stereocenters. The summed E-state index contributed by atoms with van der Waals surface area (Å²) in [5.74, 6) is 0.823. The highest BCUT2D eigenvalue weighted by Crippen LogP contribution is 2.10. The molecule has 1 aromatic heterocycles. The van der Waals surface area contributed by atoms with Crippen LogP contribution < -0.4 is 10.6 Å². The summed E-state index contributed by atoms with van der Waals surface area (Å²) in [5, 5.41) is 9.93. The van der Waals surface area contributed by atoms with Crippen molar-refractivity contribution < 1.29 is 4.79 Å². The van der Waals surface area contributed by atoms with E-state index in [1.54, 1.807) is 37.4 Å². The van der Waals surface area contributed by atoms with Crippen LogP contribution in [0.4, 0.5) is 0 Å². The monoisotopic (exact) mass is 387 g/mol. The largest absolute Gasteiger partial charge is 0.356 e. The molecule has 0 atom stereocenters. The molecular formula is C20H29N5OS. The Morgan fingerprint density at radius 1 is 1.22 bits per heavy atom. The predicted octanol–water partition coefficient (Wildman–Crippen LogP) is 2.49. The summed E-state index contributed by atoms with van der Waals surface area (Å²) in [5.41, 5.74) is 2.94. The Kier molecular flexibility index (Phi) is 8.26. The summed E-state index contributed by atoms with van der Waals surface area (Å²) in [6.45, 7) is 3.63. The van der Waals surface area contributed by atoms with E-state index in [0.29, 0.717) is 0 Å². The Bertz CT molecular complexity index is 769. The molecule has 0 aliphatic rings. The Hall–Kier alpha value is -2.41. The summed E-state index contributed by atoms with van der Waals surface area (Å²) in [7, 11) is 5.31. The van der Waals surface area contributed by atoms with E-state index < -0.39 is 0 Å². The van der Waals surface area contributed by atoms with E-state index in [2.05, 4.69) is 26.0 Å². The molecule has 2 rings (SSSR count). The molecule has 2 N–H and O–H groups in total. The zero-order chi connectivity index (χ0) is 19.6. The van der Waals surface area contributed by atoms with Crippen molar-refractivity contribution >= 4 is 23.2 Å². The number of nitrogens with one attached hydrogen (secondary N) is 2. The fourth-order valence-corrected chi connectivity index (χ4v) is 3.45. The van der Waals surface area contributed by atoms with Gasteiger partial charge in [0.2, 0.25) is 0 Å². The SMILES string of the molecule is CN=C(NCCCc1nc(C)cs1)NCCc1cccc(C(=O)N(C)C)c1. The molecule has 2 aromatic rings. The molecule has 146 valence electrons. The highest BCUT2D eigenvalue weighted by Gasteiger charge is 2.08.